The molecule has 0 radical (unpaired) electrons. The van der Waals surface area contributed by atoms with E-state index in [1.807, 2.05) is 50.2 Å². The van der Waals surface area contributed by atoms with Crippen LogP contribution in [0.1, 0.15) is 75.1 Å². The van der Waals surface area contributed by atoms with Crippen molar-refractivity contribution < 1.29 is 14.0 Å². The van der Waals surface area contributed by atoms with Crippen LogP contribution in [0.25, 0.3) is 0 Å². The van der Waals surface area contributed by atoms with Crippen LogP contribution in [-0.2, 0) is 4.79 Å². The van der Waals surface area contributed by atoms with Gasteiger partial charge < -0.3 is 16.0 Å². The number of amides is 3. The van der Waals surface area contributed by atoms with E-state index in [4.69, 9.17) is 4.99 Å². The number of nitrogens with one attached hydrogen (secondary N) is 3. The van der Waals surface area contributed by atoms with Gasteiger partial charge in [-0.1, -0.05) is 55.8 Å². The third kappa shape index (κ3) is 8.01. The monoisotopic (exact) mass is 542 g/mol. The third-order valence-corrected chi connectivity index (χ3v) is 7.47. The van der Waals surface area contributed by atoms with Gasteiger partial charge in [-0.15, -0.1) is 0 Å². The van der Waals surface area contributed by atoms with Gasteiger partial charge in [-0.2, -0.15) is 0 Å². The number of urea groups is 1. The third-order valence-electron chi connectivity index (χ3n) is 7.47. The van der Waals surface area contributed by atoms with E-state index >= 15 is 0 Å². The molecule has 1 aliphatic carbocycles. The minimum Gasteiger partial charge on any atom is -0.349 e. The van der Waals surface area contributed by atoms with Gasteiger partial charge in [-0.05, 0) is 93.0 Å². The molecule has 3 N–H and O–H groups in total. The molecule has 210 valence electrons. The molecule has 1 fully saturated rings. The number of anilines is 1. The molecule has 0 saturated heterocycles. The topological polar surface area (TPSA) is 82.6 Å². The quantitative estimate of drug-likeness (QED) is 0.243. The van der Waals surface area contributed by atoms with E-state index in [-0.39, 0.29) is 35.8 Å². The van der Waals surface area contributed by atoms with Crippen molar-refractivity contribution in [2.75, 3.05) is 5.32 Å². The van der Waals surface area contributed by atoms with Gasteiger partial charge in [0.15, 0.2) is 0 Å². The molecule has 0 bridgehead atoms. The van der Waals surface area contributed by atoms with Gasteiger partial charge in [-0.25, -0.2) is 9.18 Å². The molecule has 0 spiro atoms. The summed E-state index contributed by atoms with van der Waals surface area (Å²) in [4.78, 5) is 30.4. The largest absolute Gasteiger partial charge is 0.349 e. The highest BCUT2D eigenvalue weighted by Crippen LogP contribution is 2.27. The number of aliphatic imine (C=N–C) groups is 1. The standard InChI is InChI=1S/C33H39FN4O2/c1-4-8-31(25-9-6-5-7-10-25)38-30-20-19-29(21-22(30)2)37-33(40)36-28-17-13-26(14-18-28)32(39)35-23(3)24-11-15-27(34)16-12-24/h5-7,9-12,15-16,19-21,23,26,28H,4,8,13-14,17-18H2,1-3H3,(H,35,39)(H2,36,37,40). The van der Waals surface area contributed by atoms with Gasteiger partial charge in [0.25, 0.3) is 0 Å². The Kier molecular flexibility index (Phi) is 10.1. The summed E-state index contributed by atoms with van der Waals surface area (Å²) in [5, 5.41) is 9.04. The molecule has 40 heavy (non-hydrogen) atoms. The maximum Gasteiger partial charge on any atom is 0.319 e. The Hall–Kier alpha value is -4.00. The molecular weight excluding hydrogens is 503 g/mol. The Balaban J connectivity index is 1.26. The van der Waals surface area contributed by atoms with E-state index in [0.717, 1.165) is 53.8 Å². The molecular formula is C33H39FN4O2. The zero-order chi connectivity index (χ0) is 28.5. The van der Waals surface area contributed by atoms with Crippen molar-refractivity contribution in [3.05, 3.63) is 95.3 Å². The number of hydrogen-bond donors (Lipinski definition) is 3. The molecule has 0 aromatic heterocycles. The van der Waals surface area contributed by atoms with E-state index in [2.05, 4.69) is 35.0 Å². The van der Waals surface area contributed by atoms with Crippen molar-refractivity contribution in [3.63, 3.8) is 0 Å². The first kappa shape index (κ1) is 29.0. The Morgan fingerprint density at radius 1 is 0.975 bits per heavy atom. The normalized spacial score (nSPS) is 18.1. The van der Waals surface area contributed by atoms with Gasteiger partial charge in [0, 0.05) is 23.4 Å². The van der Waals surface area contributed by atoms with Gasteiger partial charge in [0.05, 0.1) is 11.7 Å². The number of nitrogens with zero attached hydrogens (tertiary/aromatic N) is 1. The molecule has 3 aromatic carbocycles. The smallest absolute Gasteiger partial charge is 0.319 e. The van der Waals surface area contributed by atoms with Gasteiger partial charge in [0.1, 0.15) is 5.82 Å². The summed E-state index contributed by atoms with van der Waals surface area (Å²) < 4.78 is 13.2. The summed E-state index contributed by atoms with van der Waals surface area (Å²) in [5.41, 5.74) is 5.65. The molecule has 4 rings (SSSR count). The van der Waals surface area contributed by atoms with Crippen LogP contribution in [0.4, 0.5) is 20.6 Å². The highest BCUT2D eigenvalue weighted by molar-refractivity contribution is 6.02. The van der Waals surface area contributed by atoms with Crippen molar-refractivity contribution in [1.29, 1.82) is 0 Å². The molecule has 3 aromatic rings. The van der Waals surface area contributed by atoms with E-state index in [1.165, 1.54) is 12.1 Å². The van der Waals surface area contributed by atoms with Crippen molar-refractivity contribution >= 4 is 29.0 Å². The van der Waals surface area contributed by atoms with Crippen LogP contribution in [0.2, 0.25) is 0 Å². The molecule has 6 nitrogen and oxygen atoms in total. The van der Waals surface area contributed by atoms with Crippen LogP contribution in [0, 0.1) is 18.7 Å². The number of benzene rings is 3. The summed E-state index contributed by atoms with van der Waals surface area (Å²) in [7, 11) is 0. The van der Waals surface area contributed by atoms with Gasteiger partial charge in [-0.3, -0.25) is 9.79 Å². The number of carbonyl (C=O) groups is 2. The predicted molar refractivity (Wildman–Crippen MR) is 160 cm³/mol. The molecule has 3 amide bonds. The maximum atomic E-state index is 13.2. The second kappa shape index (κ2) is 13.9. The van der Waals surface area contributed by atoms with Gasteiger partial charge in [0.2, 0.25) is 5.91 Å². The van der Waals surface area contributed by atoms with Crippen molar-refractivity contribution in [3.8, 4) is 0 Å². The van der Waals surface area contributed by atoms with Crippen LogP contribution in [0.5, 0.6) is 0 Å². The Morgan fingerprint density at radius 2 is 1.68 bits per heavy atom. The highest BCUT2D eigenvalue weighted by atomic mass is 19.1. The summed E-state index contributed by atoms with van der Waals surface area (Å²) in [6.07, 6.45) is 4.80. The SMILES string of the molecule is CCCC(=Nc1ccc(NC(=O)NC2CCC(C(=O)NC(C)c3ccc(F)cc3)CC2)cc1C)c1ccccc1. The fourth-order valence-corrected chi connectivity index (χ4v) is 5.15. The van der Waals surface area contributed by atoms with E-state index in [9.17, 15) is 14.0 Å². The highest BCUT2D eigenvalue weighted by Gasteiger charge is 2.28. The molecule has 0 heterocycles. The van der Waals surface area contributed by atoms with E-state index in [1.54, 1.807) is 12.1 Å². The Labute approximate surface area is 236 Å². The van der Waals surface area contributed by atoms with Crippen LogP contribution < -0.4 is 16.0 Å². The minimum absolute atomic E-state index is 0.00677. The molecule has 0 aliphatic heterocycles. The minimum atomic E-state index is -0.293. The van der Waals surface area contributed by atoms with Crippen LogP contribution >= 0.6 is 0 Å². The summed E-state index contributed by atoms with van der Waals surface area (Å²) in [6, 6.07) is 21.8. The van der Waals surface area contributed by atoms with Crippen molar-refractivity contribution in [1.82, 2.24) is 10.6 Å². The second-order valence-electron chi connectivity index (χ2n) is 10.6. The zero-order valence-corrected chi connectivity index (χ0v) is 23.5. The first-order valence-corrected chi connectivity index (χ1v) is 14.2. The van der Waals surface area contributed by atoms with Crippen LogP contribution in [0.15, 0.2) is 77.8 Å². The maximum absolute atomic E-state index is 13.2. The first-order valence-electron chi connectivity index (χ1n) is 14.2. The molecule has 1 atom stereocenters. The molecule has 7 heteroatoms. The number of hydrogen-bond acceptors (Lipinski definition) is 3. The fourth-order valence-electron chi connectivity index (χ4n) is 5.15. The molecule has 1 unspecified atom stereocenters. The van der Waals surface area contributed by atoms with Crippen molar-refractivity contribution in [2.45, 2.75) is 71.4 Å². The molecule has 1 saturated carbocycles. The predicted octanol–water partition coefficient (Wildman–Crippen LogP) is 7.61. The first-order chi connectivity index (χ1) is 19.3. The van der Waals surface area contributed by atoms with Crippen LogP contribution in [-0.4, -0.2) is 23.7 Å². The average molecular weight is 543 g/mol. The lowest BCUT2D eigenvalue weighted by atomic mass is 9.85. The van der Waals surface area contributed by atoms with Gasteiger partial charge >= 0.3 is 6.03 Å². The van der Waals surface area contributed by atoms with E-state index < -0.39 is 0 Å². The number of halogens is 1. The number of aryl methyl sites for hydroxylation is 1. The molecule has 1 aliphatic rings. The summed E-state index contributed by atoms with van der Waals surface area (Å²) >= 11 is 0. The second-order valence-corrected chi connectivity index (χ2v) is 10.6. The fraction of sp³-hybridized carbons (Fsp3) is 0.364. The lowest BCUT2D eigenvalue weighted by Gasteiger charge is -2.29. The van der Waals surface area contributed by atoms with E-state index in [0.29, 0.717) is 18.5 Å². The summed E-state index contributed by atoms with van der Waals surface area (Å²) in [6.45, 7) is 6.05. The lowest BCUT2D eigenvalue weighted by Crippen LogP contribution is -2.42. The Morgan fingerprint density at radius 3 is 2.33 bits per heavy atom. The lowest BCUT2D eigenvalue weighted by molar-refractivity contribution is -0.126. The average Bonchev–Trinajstić information content (AvgIpc) is 2.95. The number of carbonyl (C=O) groups excluding carboxylic acids is 2. The van der Waals surface area contributed by atoms with Crippen molar-refractivity contribution in [2.24, 2.45) is 10.9 Å². The zero-order valence-electron chi connectivity index (χ0n) is 23.5. The summed E-state index contributed by atoms with van der Waals surface area (Å²) in [5.74, 6) is -0.376. The van der Waals surface area contributed by atoms with Crippen LogP contribution in [0.3, 0.4) is 0 Å². The Bertz CT molecular complexity index is 1320. The number of rotatable bonds is 9.